The lowest BCUT2D eigenvalue weighted by Gasteiger charge is -2.23. The van der Waals surface area contributed by atoms with Crippen LogP contribution in [0.4, 0.5) is 0 Å². The molecule has 0 amide bonds. The maximum atomic E-state index is 10.5. The molecular weight excluding hydrogens is 248 g/mol. The van der Waals surface area contributed by atoms with E-state index in [0.717, 1.165) is 60.8 Å². The summed E-state index contributed by atoms with van der Waals surface area (Å²) in [5.74, 6) is 1.49. The van der Waals surface area contributed by atoms with Crippen molar-refractivity contribution in [3.8, 4) is 11.5 Å². The standard InChI is InChI=1S/C18H22O2/c1-2-3-12-20-18-15-10-6-4-8-13(15)17(19)14-9-5-7-11-16(14)18/h4,6,8,10,19H,2-3,5,7,9,11-12H2,1H3. The molecule has 0 spiro atoms. The van der Waals surface area contributed by atoms with Crippen LogP contribution in [-0.2, 0) is 12.8 Å². The summed E-state index contributed by atoms with van der Waals surface area (Å²) >= 11 is 0. The van der Waals surface area contributed by atoms with E-state index in [1.165, 1.54) is 12.0 Å². The van der Waals surface area contributed by atoms with E-state index in [4.69, 9.17) is 4.74 Å². The van der Waals surface area contributed by atoms with Gasteiger partial charge in [0.15, 0.2) is 0 Å². The molecule has 0 radical (unpaired) electrons. The van der Waals surface area contributed by atoms with E-state index >= 15 is 0 Å². The van der Waals surface area contributed by atoms with Crippen LogP contribution in [0.3, 0.4) is 0 Å². The summed E-state index contributed by atoms with van der Waals surface area (Å²) in [6.45, 7) is 2.94. The van der Waals surface area contributed by atoms with Crippen LogP contribution in [0, 0.1) is 0 Å². The third-order valence-electron chi connectivity index (χ3n) is 4.20. The number of phenols is 1. The summed E-state index contributed by atoms with van der Waals surface area (Å²) in [4.78, 5) is 0. The first-order chi connectivity index (χ1) is 9.83. The quantitative estimate of drug-likeness (QED) is 0.822. The van der Waals surface area contributed by atoms with Gasteiger partial charge in [-0.2, -0.15) is 0 Å². The highest BCUT2D eigenvalue weighted by Gasteiger charge is 2.22. The largest absolute Gasteiger partial charge is 0.507 e. The van der Waals surface area contributed by atoms with Crippen molar-refractivity contribution < 1.29 is 9.84 Å². The predicted octanol–water partition coefficient (Wildman–Crippen LogP) is 4.60. The van der Waals surface area contributed by atoms with Crippen LogP contribution in [0.25, 0.3) is 10.8 Å². The molecule has 0 bridgehead atoms. The van der Waals surface area contributed by atoms with Crippen molar-refractivity contribution in [1.29, 1.82) is 0 Å². The molecular formula is C18H22O2. The molecule has 0 unspecified atom stereocenters. The number of hydrogen-bond acceptors (Lipinski definition) is 2. The van der Waals surface area contributed by atoms with E-state index in [-0.39, 0.29) is 0 Å². The summed E-state index contributed by atoms with van der Waals surface area (Å²) < 4.78 is 6.10. The molecule has 2 aromatic rings. The zero-order valence-electron chi connectivity index (χ0n) is 12.1. The van der Waals surface area contributed by atoms with E-state index in [1.54, 1.807) is 0 Å². The third kappa shape index (κ3) is 2.24. The van der Waals surface area contributed by atoms with Crippen LogP contribution >= 0.6 is 0 Å². The van der Waals surface area contributed by atoms with E-state index in [2.05, 4.69) is 13.0 Å². The van der Waals surface area contributed by atoms with E-state index in [1.807, 2.05) is 18.2 Å². The minimum atomic E-state index is 0.471. The van der Waals surface area contributed by atoms with Crippen LogP contribution in [0.15, 0.2) is 24.3 Å². The van der Waals surface area contributed by atoms with E-state index < -0.39 is 0 Å². The predicted molar refractivity (Wildman–Crippen MR) is 82.7 cm³/mol. The summed E-state index contributed by atoms with van der Waals surface area (Å²) in [6, 6.07) is 8.05. The molecule has 0 aliphatic heterocycles. The van der Waals surface area contributed by atoms with E-state index in [9.17, 15) is 5.11 Å². The molecule has 2 aromatic carbocycles. The molecule has 106 valence electrons. The highest BCUT2D eigenvalue weighted by atomic mass is 16.5. The van der Waals surface area contributed by atoms with Gasteiger partial charge >= 0.3 is 0 Å². The van der Waals surface area contributed by atoms with Crippen molar-refractivity contribution in [2.75, 3.05) is 6.61 Å². The van der Waals surface area contributed by atoms with Gasteiger partial charge in [0, 0.05) is 21.9 Å². The second-order valence-corrected chi connectivity index (χ2v) is 5.59. The smallest absolute Gasteiger partial charge is 0.130 e. The van der Waals surface area contributed by atoms with Gasteiger partial charge in [0.05, 0.1) is 6.61 Å². The van der Waals surface area contributed by atoms with Crippen molar-refractivity contribution in [3.05, 3.63) is 35.4 Å². The molecule has 2 heteroatoms. The lowest BCUT2D eigenvalue weighted by molar-refractivity contribution is 0.308. The molecule has 0 atom stereocenters. The molecule has 1 aliphatic carbocycles. The number of benzene rings is 2. The van der Waals surface area contributed by atoms with Crippen LogP contribution in [0.1, 0.15) is 43.7 Å². The lowest BCUT2D eigenvalue weighted by atomic mass is 9.87. The lowest BCUT2D eigenvalue weighted by Crippen LogP contribution is -2.08. The zero-order chi connectivity index (χ0) is 13.9. The molecule has 0 saturated heterocycles. The Kier molecular flexibility index (Phi) is 3.81. The fourth-order valence-electron chi connectivity index (χ4n) is 3.11. The van der Waals surface area contributed by atoms with Gasteiger partial charge in [-0.3, -0.25) is 0 Å². The maximum absolute atomic E-state index is 10.5. The molecule has 20 heavy (non-hydrogen) atoms. The minimum Gasteiger partial charge on any atom is -0.507 e. The van der Waals surface area contributed by atoms with Gasteiger partial charge in [-0.15, -0.1) is 0 Å². The number of fused-ring (bicyclic) bond motifs is 2. The Bertz CT molecular complexity index is 616. The summed E-state index contributed by atoms with van der Waals surface area (Å²) in [5.41, 5.74) is 2.35. The molecule has 0 heterocycles. The Morgan fingerprint density at radius 2 is 1.75 bits per heavy atom. The van der Waals surface area contributed by atoms with Crippen molar-refractivity contribution in [3.63, 3.8) is 0 Å². The number of rotatable bonds is 4. The topological polar surface area (TPSA) is 29.5 Å². The summed E-state index contributed by atoms with van der Waals surface area (Å²) in [5, 5.41) is 12.5. The van der Waals surface area contributed by atoms with Gasteiger partial charge in [-0.05, 0) is 32.1 Å². The Morgan fingerprint density at radius 1 is 1.05 bits per heavy atom. The SMILES string of the molecule is CCCCOc1c2c(c(O)c3ccccc13)CCCC2. The van der Waals surface area contributed by atoms with Crippen molar-refractivity contribution in [2.45, 2.75) is 45.4 Å². The third-order valence-corrected chi connectivity index (χ3v) is 4.20. The van der Waals surface area contributed by atoms with Crippen LogP contribution in [0.2, 0.25) is 0 Å². The normalized spacial score (nSPS) is 14.2. The van der Waals surface area contributed by atoms with Gasteiger partial charge in [0.25, 0.3) is 0 Å². The second-order valence-electron chi connectivity index (χ2n) is 5.59. The molecule has 3 rings (SSSR count). The number of aromatic hydroxyl groups is 1. The second kappa shape index (κ2) is 5.74. The Balaban J connectivity index is 2.16. The molecule has 0 aromatic heterocycles. The average Bonchev–Trinajstić information content (AvgIpc) is 2.51. The number of phenolic OH excluding ortho intramolecular Hbond substituents is 1. The zero-order valence-corrected chi connectivity index (χ0v) is 12.1. The molecule has 0 fully saturated rings. The first-order valence-corrected chi connectivity index (χ1v) is 7.71. The number of ether oxygens (including phenoxy) is 1. The first kappa shape index (κ1) is 13.3. The van der Waals surface area contributed by atoms with Crippen molar-refractivity contribution in [2.24, 2.45) is 0 Å². The highest BCUT2D eigenvalue weighted by molar-refractivity contribution is 5.95. The Hall–Kier alpha value is -1.70. The van der Waals surface area contributed by atoms with Crippen molar-refractivity contribution >= 4 is 10.8 Å². The number of unbranched alkanes of at least 4 members (excludes halogenated alkanes) is 1. The van der Waals surface area contributed by atoms with Crippen LogP contribution in [0.5, 0.6) is 11.5 Å². The Morgan fingerprint density at radius 3 is 2.50 bits per heavy atom. The van der Waals surface area contributed by atoms with Gasteiger partial charge in [0.2, 0.25) is 0 Å². The van der Waals surface area contributed by atoms with Gasteiger partial charge in [0.1, 0.15) is 11.5 Å². The van der Waals surface area contributed by atoms with Crippen molar-refractivity contribution in [1.82, 2.24) is 0 Å². The van der Waals surface area contributed by atoms with Gasteiger partial charge < -0.3 is 9.84 Å². The monoisotopic (exact) mass is 270 g/mol. The molecule has 2 nitrogen and oxygen atoms in total. The molecule has 1 N–H and O–H groups in total. The minimum absolute atomic E-state index is 0.471. The van der Waals surface area contributed by atoms with Gasteiger partial charge in [-0.1, -0.05) is 37.6 Å². The molecule has 0 saturated carbocycles. The van der Waals surface area contributed by atoms with Crippen LogP contribution in [-0.4, -0.2) is 11.7 Å². The first-order valence-electron chi connectivity index (χ1n) is 7.71. The van der Waals surface area contributed by atoms with Gasteiger partial charge in [-0.25, -0.2) is 0 Å². The Labute approximate surface area is 120 Å². The summed E-state index contributed by atoms with van der Waals surface area (Å²) in [7, 11) is 0. The average molecular weight is 270 g/mol. The maximum Gasteiger partial charge on any atom is 0.130 e. The molecule has 1 aliphatic rings. The summed E-state index contributed by atoms with van der Waals surface area (Å²) in [6.07, 6.45) is 6.55. The fraction of sp³-hybridized carbons (Fsp3) is 0.444. The highest BCUT2D eigenvalue weighted by Crippen LogP contribution is 2.43. The van der Waals surface area contributed by atoms with E-state index in [0.29, 0.717) is 5.75 Å². The fourth-order valence-corrected chi connectivity index (χ4v) is 3.11. The number of hydrogen-bond donors (Lipinski definition) is 1. The van der Waals surface area contributed by atoms with Crippen LogP contribution < -0.4 is 4.74 Å².